The van der Waals surface area contributed by atoms with Crippen LogP contribution < -0.4 is 10.6 Å². The number of amides is 2. The van der Waals surface area contributed by atoms with Gasteiger partial charge in [-0.1, -0.05) is 38.5 Å². The van der Waals surface area contributed by atoms with Gasteiger partial charge >= 0.3 is 58.1 Å². The van der Waals surface area contributed by atoms with Gasteiger partial charge in [0.2, 0.25) is 0 Å². The highest BCUT2D eigenvalue weighted by Gasteiger charge is 2.89. The van der Waals surface area contributed by atoms with Gasteiger partial charge in [-0.25, -0.2) is 0 Å². The Morgan fingerprint density at radius 2 is 0.562 bits per heavy atom. The normalized spacial score (nSPS) is 15.0. The highest BCUT2D eigenvalue weighted by Crippen LogP contribution is 2.59. The quantitative estimate of drug-likeness (QED) is 0.0693. The van der Waals surface area contributed by atoms with Gasteiger partial charge < -0.3 is 10.6 Å². The zero-order chi connectivity index (χ0) is 38.6. The predicted molar refractivity (Wildman–Crippen MR) is 124 cm³/mol. The molecule has 0 unspecified atom stereocenters. The third-order valence-electron chi connectivity index (χ3n) is 6.32. The third-order valence-corrected chi connectivity index (χ3v) is 6.80. The molecule has 0 saturated heterocycles. The van der Waals surface area contributed by atoms with E-state index >= 15 is 0 Å². The Hall–Kier alpha value is -1.88. The summed E-state index contributed by atoms with van der Waals surface area (Å²) in [5, 5.41) is -10.8. The maximum Gasteiger partial charge on any atom is 0.393 e. The number of nitrogens with one attached hydrogen (secondary N) is 2. The van der Waals surface area contributed by atoms with E-state index in [1.165, 1.54) is 0 Å². The van der Waals surface area contributed by atoms with Gasteiger partial charge in [-0.2, -0.15) is 87.8 Å². The van der Waals surface area contributed by atoms with E-state index in [-0.39, 0.29) is 51.4 Å². The molecule has 0 radical (unpaired) electrons. The van der Waals surface area contributed by atoms with Crippen molar-refractivity contribution >= 4 is 35.0 Å². The molecule has 0 bridgehead atoms. The predicted octanol–water partition coefficient (Wildman–Crippen LogP) is 9.09. The van der Waals surface area contributed by atoms with Crippen molar-refractivity contribution < 1.29 is 97.4 Å². The molecule has 0 aromatic carbocycles. The van der Waals surface area contributed by atoms with Gasteiger partial charge in [0.25, 0.3) is 11.8 Å². The number of carbonyl (C=O) groups is 2. The molecule has 0 aliphatic heterocycles. The van der Waals surface area contributed by atoms with Crippen LogP contribution >= 0.6 is 23.2 Å². The lowest BCUT2D eigenvalue weighted by Crippen LogP contribution is -2.69. The highest BCUT2D eigenvalue weighted by molar-refractivity contribution is 6.22. The number of unbranched alkanes of at least 4 members (excludes halogenated alkanes) is 7. The summed E-state index contributed by atoms with van der Waals surface area (Å²) in [6.45, 7) is -1.83. The number of alkyl halides is 22. The maximum atomic E-state index is 13.7. The molecule has 0 atom stereocenters. The molecule has 26 heteroatoms. The number of rotatable bonds is 21. The lowest BCUT2D eigenvalue weighted by atomic mass is 9.98. The molecule has 0 aromatic heterocycles. The molecule has 2 amide bonds. The van der Waals surface area contributed by atoms with Crippen molar-refractivity contribution in [1.82, 2.24) is 10.6 Å². The molecule has 286 valence electrons. The minimum absolute atomic E-state index is 0.00757. The van der Waals surface area contributed by atoms with Crippen LogP contribution in [0.1, 0.15) is 51.4 Å². The standard InChI is InChI=1S/C22H22Cl2F20N2O2/c23-21(41,42)19(37,38)17(33,34)15(29,30)13(25,26)11(47)45-9-7-5-3-1-2-4-6-8-10-46-12(48)14(27,28)16(31,32)18(35,36)20(39,40)22(24,43)44/h1-10H2,(H,45,47)(H,46,48). The molecular weight excluding hydrogens is 775 g/mol. The van der Waals surface area contributed by atoms with Gasteiger partial charge in [0.1, 0.15) is 0 Å². The molecule has 0 aliphatic rings. The van der Waals surface area contributed by atoms with Crippen LogP contribution in [0.3, 0.4) is 0 Å². The lowest BCUT2D eigenvalue weighted by Gasteiger charge is -2.37. The Kier molecular flexibility index (Phi) is 14.6. The lowest BCUT2D eigenvalue weighted by molar-refractivity contribution is -0.382. The summed E-state index contributed by atoms with van der Waals surface area (Å²) >= 11 is 7.28. The number of hydrogen-bond acceptors (Lipinski definition) is 2. The summed E-state index contributed by atoms with van der Waals surface area (Å²) < 4.78 is 264. The largest absolute Gasteiger partial charge is 0.393 e. The minimum Gasteiger partial charge on any atom is -0.351 e. The van der Waals surface area contributed by atoms with Crippen molar-refractivity contribution in [2.24, 2.45) is 0 Å². The van der Waals surface area contributed by atoms with Crippen molar-refractivity contribution in [2.75, 3.05) is 13.1 Å². The van der Waals surface area contributed by atoms with Crippen molar-refractivity contribution in [3.8, 4) is 0 Å². The number of carbonyl (C=O) groups excluding carboxylic acids is 2. The fraction of sp³-hybridized carbons (Fsp3) is 0.909. The SMILES string of the molecule is O=C(NCCCCCCCCCCNC(=O)C(F)(F)C(F)(F)C(F)(F)C(F)(F)C(F)(F)Cl)C(F)(F)C(F)(F)C(F)(F)C(F)(F)C(F)(F)Cl. The van der Waals surface area contributed by atoms with Gasteiger partial charge in [0, 0.05) is 13.1 Å². The van der Waals surface area contributed by atoms with Crippen LogP contribution in [0.5, 0.6) is 0 Å². The van der Waals surface area contributed by atoms with E-state index in [1.54, 1.807) is 0 Å². The second-order valence-corrected chi connectivity index (χ2v) is 10.9. The Bertz CT molecular complexity index is 1010. The molecule has 48 heavy (non-hydrogen) atoms. The summed E-state index contributed by atoms with van der Waals surface area (Å²) in [6, 6.07) is 0. The average Bonchev–Trinajstić information content (AvgIpc) is 2.91. The van der Waals surface area contributed by atoms with E-state index in [9.17, 15) is 97.4 Å². The minimum atomic E-state index is -7.51. The zero-order valence-corrected chi connectivity index (χ0v) is 24.7. The fourth-order valence-corrected chi connectivity index (χ4v) is 3.60. The zero-order valence-electron chi connectivity index (χ0n) is 23.2. The van der Waals surface area contributed by atoms with Crippen LogP contribution in [0, 0.1) is 0 Å². The first-order chi connectivity index (χ1) is 21.0. The van der Waals surface area contributed by atoms with E-state index in [1.807, 2.05) is 0 Å². The summed E-state index contributed by atoms with van der Waals surface area (Å²) in [5.74, 6) is -63.8. The molecule has 0 aliphatic carbocycles. The molecule has 0 fully saturated rings. The van der Waals surface area contributed by atoms with Crippen molar-refractivity contribution in [3.05, 3.63) is 0 Å². The summed E-state index contributed by atoms with van der Waals surface area (Å²) in [6.07, 6.45) is 0.255. The van der Waals surface area contributed by atoms with Crippen LogP contribution in [-0.4, -0.2) is 83.0 Å². The van der Waals surface area contributed by atoms with E-state index in [4.69, 9.17) is 0 Å². The fourth-order valence-electron chi connectivity index (χ4n) is 3.37. The Morgan fingerprint density at radius 1 is 0.354 bits per heavy atom. The van der Waals surface area contributed by atoms with Gasteiger partial charge in [0.15, 0.2) is 0 Å². The van der Waals surface area contributed by atoms with Crippen molar-refractivity contribution in [1.29, 1.82) is 0 Å². The van der Waals surface area contributed by atoms with Gasteiger partial charge in [-0.3, -0.25) is 9.59 Å². The van der Waals surface area contributed by atoms with Crippen LogP contribution in [0.25, 0.3) is 0 Å². The first kappa shape index (κ1) is 46.1. The Balaban J connectivity index is 4.62. The number of halogens is 22. The second-order valence-electron chi connectivity index (χ2n) is 9.93. The van der Waals surface area contributed by atoms with Crippen LogP contribution in [0.4, 0.5) is 87.8 Å². The van der Waals surface area contributed by atoms with Crippen molar-refractivity contribution in [2.45, 2.75) is 110 Å². The van der Waals surface area contributed by atoms with Gasteiger partial charge in [-0.05, 0) is 36.0 Å². The van der Waals surface area contributed by atoms with E-state index in [0.717, 1.165) is 10.6 Å². The second kappa shape index (κ2) is 15.2. The molecule has 2 N–H and O–H groups in total. The van der Waals surface area contributed by atoms with Crippen LogP contribution in [-0.2, 0) is 9.59 Å². The summed E-state index contributed by atoms with van der Waals surface area (Å²) in [5.41, 5.74) is 0. The summed E-state index contributed by atoms with van der Waals surface area (Å²) in [7, 11) is 0. The van der Waals surface area contributed by atoms with E-state index in [0.29, 0.717) is 0 Å². The van der Waals surface area contributed by atoms with Gasteiger partial charge in [-0.15, -0.1) is 0 Å². The maximum absolute atomic E-state index is 13.7. The highest BCUT2D eigenvalue weighted by atomic mass is 35.5. The van der Waals surface area contributed by atoms with Gasteiger partial charge in [0.05, 0.1) is 0 Å². The third kappa shape index (κ3) is 8.70. The molecular formula is C22H22Cl2F20N2O2. The Morgan fingerprint density at radius 3 is 0.771 bits per heavy atom. The molecule has 0 aromatic rings. The molecule has 0 heterocycles. The van der Waals surface area contributed by atoms with Crippen LogP contribution in [0.2, 0.25) is 0 Å². The molecule has 4 nitrogen and oxygen atoms in total. The molecule has 0 rings (SSSR count). The van der Waals surface area contributed by atoms with E-state index < -0.39 is 83.0 Å². The number of hydrogen-bond donors (Lipinski definition) is 2. The monoisotopic (exact) mass is 796 g/mol. The summed E-state index contributed by atoms with van der Waals surface area (Å²) in [4.78, 5) is 22.6. The molecule has 0 saturated carbocycles. The van der Waals surface area contributed by atoms with E-state index in [2.05, 4.69) is 23.2 Å². The smallest absolute Gasteiger partial charge is 0.351 e. The van der Waals surface area contributed by atoms with Crippen molar-refractivity contribution in [3.63, 3.8) is 0 Å². The first-order valence-electron chi connectivity index (χ1n) is 12.8. The van der Waals surface area contributed by atoms with Crippen LogP contribution in [0.15, 0.2) is 0 Å². The molecule has 0 spiro atoms. The first-order valence-corrected chi connectivity index (χ1v) is 13.5. The topological polar surface area (TPSA) is 58.2 Å². The Labute approximate surface area is 266 Å². The average molecular weight is 797 g/mol.